The average molecular weight is 266 g/mol. The van der Waals surface area contributed by atoms with Gasteiger partial charge in [-0.3, -0.25) is 0 Å². The van der Waals surface area contributed by atoms with E-state index in [4.69, 9.17) is 0 Å². The third-order valence-electron chi connectivity index (χ3n) is 2.63. The maximum Gasteiger partial charge on any atom is 0.339 e. The minimum atomic E-state index is -0.969. The lowest BCUT2D eigenvalue weighted by Crippen LogP contribution is -2.36. The highest BCUT2D eigenvalue weighted by Crippen LogP contribution is 2.17. The predicted octanol–water partition coefficient (Wildman–Crippen LogP) is 1.20. The van der Waals surface area contributed by atoms with E-state index < -0.39 is 5.97 Å². The van der Waals surface area contributed by atoms with Gasteiger partial charge in [0.05, 0.1) is 6.20 Å². The normalized spacial score (nSPS) is 11.1. The minimum Gasteiger partial charge on any atom is -0.478 e. The van der Waals surface area contributed by atoms with Gasteiger partial charge in [-0.15, -0.1) is 5.10 Å². The molecule has 0 atom stereocenters. The molecule has 0 aromatic carbocycles. The molecule has 1 N–H and O–H groups in total. The van der Waals surface area contributed by atoms with E-state index in [1.54, 1.807) is 0 Å². The molecule has 1 rings (SSSR count). The van der Waals surface area contributed by atoms with Crippen LogP contribution >= 0.6 is 0 Å². The van der Waals surface area contributed by atoms with Crippen LogP contribution in [0.2, 0.25) is 0 Å². The first-order valence-corrected chi connectivity index (χ1v) is 6.36. The standard InChI is InChI=1S/C13H22N4O2/c1-10(2)9-17(8-7-16(3)4)12-11(13(18)19)5-6-14-15-12/h5-6,10H,7-9H2,1-4H3,(H,18,19). The van der Waals surface area contributed by atoms with Crippen molar-refractivity contribution in [3.63, 3.8) is 0 Å². The van der Waals surface area contributed by atoms with E-state index in [0.29, 0.717) is 11.7 Å². The molecule has 0 aliphatic carbocycles. The van der Waals surface area contributed by atoms with E-state index in [0.717, 1.165) is 19.6 Å². The van der Waals surface area contributed by atoms with E-state index in [1.165, 1.54) is 12.3 Å². The second-order valence-corrected chi connectivity index (χ2v) is 5.22. The van der Waals surface area contributed by atoms with Crippen LogP contribution in [0.25, 0.3) is 0 Å². The Kier molecular flexibility index (Phi) is 5.69. The molecule has 0 saturated carbocycles. The highest BCUT2D eigenvalue weighted by Gasteiger charge is 2.18. The lowest BCUT2D eigenvalue weighted by Gasteiger charge is -2.27. The van der Waals surface area contributed by atoms with E-state index >= 15 is 0 Å². The molecule has 0 bridgehead atoms. The number of anilines is 1. The third kappa shape index (κ3) is 4.82. The van der Waals surface area contributed by atoms with Crippen LogP contribution in [-0.4, -0.2) is 59.9 Å². The maximum absolute atomic E-state index is 11.2. The number of aromatic carboxylic acids is 1. The second kappa shape index (κ2) is 7.04. The van der Waals surface area contributed by atoms with Gasteiger partial charge in [0.1, 0.15) is 5.56 Å². The molecule has 1 heterocycles. The van der Waals surface area contributed by atoms with E-state index in [-0.39, 0.29) is 5.56 Å². The summed E-state index contributed by atoms with van der Waals surface area (Å²) in [6.07, 6.45) is 1.41. The molecule has 0 radical (unpaired) electrons. The number of hydrogen-bond donors (Lipinski definition) is 1. The Hall–Kier alpha value is -1.69. The zero-order valence-corrected chi connectivity index (χ0v) is 12.0. The molecule has 19 heavy (non-hydrogen) atoms. The van der Waals surface area contributed by atoms with Gasteiger partial charge in [-0.25, -0.2) is 4.79 Å². The number of rotatable bonds is 7. The van der Waals surface area contributed by atoms with Crippen LogP contribution in [-0.2, 0) is 0 Å². The number of carboxylic acids is 1. The molecule has 0 fully saturated rings. The summed E-state index contributed by atoms with van der Waals surface area (Å²) in [4.78, 5) is 15.3. The van der Waals surface area contributed by atoms with Crippen molar-refractivity contribution >= 4 is 11.8 Å². The van der Waals surface area contributed by atoms with Gasteiger partial charge in [0.2, 0.25) is 0 Å². The van der Waals surface area contributed by atoms with Crippen molar-refractivity contribution < 1.29 is 9.90 Å². The highest BCUT2D eigenvalue weighted by atomic mass is 16.4. The largest absolute Gasteiger partial charge is 0.478 e. The smallest absolute Gasteiger partial charge is 0.339 e. The first-order chi connectivity index (χ1) is 8.91. The van der Waals surface area contributed by atoms with E-state index in [9.17, 15) is 9.90 Å². The molecule has 0 aliphatic rings. The van der Waals surface area contributed by atoms with Crippen molar-refractivity contribution in [2.24, 2.45) is 5.92 Å². The summed E-state index contributed by atoms with van der Waals surface area (Å²) in [5, 5.41) is 17.0. The van der Waals surface area contributed by atoms with Gasteiger partial charge in [0.25, 0.3) is 0 Å². The lowest BCUT2D eigenvalue weighted by atomic mass is 10.2. The fourth-order valence-electron chi connectivity index (χ4n) is 1.77. The Balaban J connectivity index is 2.99. The Morgan fingerprint density at radius 3 is 2.58 bits per heavy atom. The summed E-state index contributed by atoms with van der Waals surface area (Å²) in [5.41, 5.74) is 0.203. The van der Waals surface area contributed by atoms with Crippen molar-refractivity contribution in [2.75, 3.05) is 38.6 Å². The Bertz CT molecular complexity index is 421. The molecular formula is C13H22N4O2. The number of carbonyl (C=O) groups is 1. The summed E-state index contributed by atoms with van der Waals surface area (Å²) < 4.78 is 0. The first kappa shape index (κ1) is 15.4. The van der Waals surface area contributed by atoms with Crippen LogP contribution in [0.15, 0.2) is 12.3 Å². The Morgan fingerprint density at radius 1 is 1.37 bits per heavy atom. The number of aromatic nitrogens is 2. The molecule has 1 aromatic heterocycles. The van der Waals surface area contributed by atoms with Crippen LogP contribution < -0.4 is 4.90 Å². The summed E-state index contributed by atoms with van der Waals surface area (Å²) in [6.45, 7) is 6.51. The van der Waals surface area contributed by atoms with Crippen LogP contribution in [0.1, 0.15) is 24.2 Å². The highest BCUT2D eigenvalue weighted by molar-refractivity contribution is 5.93. The first-order valence-electron chi connectivity index (χ1n) is 6.36. The van der Waals surface area contributed by atoms with Crippen LogP contribution in [0.4, 0.5) is 5.82 Å². The Morgan fingerprint density at radius 2 is 2.05 bits per heavy atom. The molecule has 0 spiro atoms. The van der Waals surface area contributed by atoms with Crippen molar-refractivity contribution in [3.8, 4) is 0 Å². The molecule has 0 amide bonds. The van der Waals surface area contributed by atoms with Crippen LogP contribution in [0.5, 0.6) is 0 Å². The Labute approximate surface area is 114 Å². The van der Waals surface area contributed by atoms with E-state index in [1.807, 2.05) is 19.0 Å². The van der Waals surface area contributed by atoms with Crippen LogP contribution in [0, 0.1) is 5.92 Å². The summed E-state index contributed by atoms with van der Waals surface area (Å²) in [7, 11) is 3.98. The topological polar surface area (TPSA) is 69.6 Å². The SMILES string of the molecule is CC(C)CN(CCN(C)C)c1nnccc1C(=O)O. The van der Waals surface area contributed by atoms with Gasteiger partial charge in [0, 0.05) is 19.6 Å². The van der Waals surface area contributed by atoms with Gasteiger partial charge < -0.3 is 14.9 Å². The van der Waals surface area contributed by atoms with Crippen LogP contribution in [0.3, 0.4) is 0 Å². The molecule has 0 unspecified atom stereocenters. The summed E-state index contributed by atoms with van der Waals surface area (Å²) in [5.74, 6) is -0.0973. The number of hydrogen-bond acceptors (Lipinski definition) is 5. The van der Waals surface area contributed by atoms with Crippen molar-refractivity contribution in [2.45, 2.75) is 13.8 Å². The monoisotopic (exact) mass is 266 g/mol. The summed E-state index contributed by atoms with van der Waals surface area (Å²) >= 11 is 0. The minimum absolute atomic E-state index is 0.203. The molecule has 6 heteroatoms. The molecule has 106 valence electrons. The number of carboxylic acid groups (broad SMARTS) is 1. The van der Waals surface area contributed by atoms with E-state index in [2.05, 4.69) is 28.9 Å². The van der Waals surface area contributed by atoms with Gasteiger partial charge in [0.15, 0.2) is 5.82 Å². The van der Waals surface area contributed by atoms with Gasteiger partial charge >= 0.3 is 5.97 Å². The fourth-order valence-corrected chi connectivity index (χ4v) is 1.77. The zero-order chi connectivity index (χ0) is 14.4. The second-order valence-electron chi connectivity index (χ2n) is 5.22. The number of nitrogens with zero attached hydrogens (tertiary/aromatic N) is 4. The molecule has 1 aromatic rings. The maximum atomic E-state index is 11.2. The van der Waals surface area contributed by atoms with Gasteiger partial charge in [-0.05, 0) is 26.1 Å². The number of likely N-dealkylation sites (N-methyl/N-ethyl adjacent to an activating group) is 1. The molecule has 0 aliphatic heterocycles. The van der Waals surface area contributed by atoms with Crippen molar-refractivity contribution in [1.82, 2.24) is 15.1 Å². The average Bonchev–Trinajstić information content (AvgIpc) is 2.33. The molecule has 6 nitrogen and oxygen atoms in total. The van der Waals surface area contributed by atoms with Crippen molar-refractivity contribution in [1.29, 1.82) is 0 Å². The van der Waals surface area contributed by atoms with Gasteiger partial charge in [-0.2, -0.15) is 5.10 Å². The lowest BCUT2D eigenvalue weighted by molar-refractivity contribution is 0.0697. The molecular weight excluding hydrogens is 244 g/mol. The molecule has 0 saturated heterocycles. The quantitative estimate of drug-likeness (QED) is 0.799. The summed E-state index contributed by atoms with van der Waals surface area (Å²) in [6, 6.07) is 1.49. The van der Waals surface area contributed by atoms with Crippen molar-refractivity contribution in [3.05, 3.63) is 17.8 Å². The third-order valence-corrected chi connectivity index (χ3v) is 2.63. The fraction of sp³-hybridized carbons (Fsp3) is 0.615. The predicted molar refractivity (Wildman–Crippen MR) is 74.6 cm³/mol. The zero-order valence-electron chi connectivity index (χ0n) is 12.0. The van der Waals surface area contributed by atoms with Gasteiger partial charge in [-0.1, -0.05) is 13.8 Å².